The Labute approximate surface area is 86.4 Å². The van der Waals surface area contributed by atoms with E-state index in [-0.39, 0.29) is 0 Å². The van der Waals surface area contributed by atoms with Gasteiger partial charge in [0.2, 0.25) is 10.0 Å². The highest BCUT2D eigenvalue weighted by Gasteiger charge is 2.20. The fourth-order valence-corrected chi connectivity index (χ4v) is 1.86. The van der Waals surface area contributed by atoms with Crippen LogP contribution in [0.15, 0.2) is 0 Å². The Kier molecular flexibility index (Phi) is 5.73. The average molecular weight is 218 g/mol. The zero-order valence-electron chi connectivity index (χ0n) is 8.95. The van der Waals surface area contributed by atoms with Crippen molar-refractivity contribution in [3.05, 3.63) is 0 Å². The van der Waals surface area contributed by atoms with Crippen LogP contribution in [0, 0.1) is 17.2 Å². The van der Waals surface area contributed by atoms with Crippen LogP contribution in [0.3, 0.4) is 0 Å². The second-order valence-electron chi connectivity index (χ2n) is 3.35. The normalized spacial score (nSPS) is 13.9. The molecule has 0 aliphatic carbocycles. The highest BCUT2D eigenvalue weighted by atomic mass is 32.2. The van der Waals surface area contributed by atoms with Crippen LogP contribution in [-0.4, -0.2) is 20.2 Å². The van der Waals surface area contributed by atoms with Crippen LogP contribution >= 0.6 is 0 Å². The molecule has 0 fully saturated rings. The van der Waals surface area contributed by atoms with E-state index in [1.54, 1.807) is 6.07 Å². The van der Waals surface area contributed by atoms with Crippen LogP contribution < -0.4 is 4.72 Å². The van der Waals surface area contributed by atoms with Crippen molar-refractivity contribution in [2.24, 2.45) is 5.92 Å². The monoisotopic (exact) mass is 218 g/mol. The Balaban J connectivity index is 4.20. The van der Waals surface area contributed by atoms with Gasteiger partial charge < -0.3 is 0 Å². The molecule has 0 aromatic rings. The largest absolute Gasteiger partial charge is 0.227 e. The second kappa shape index (κ2) is 5.99. The first-order valence-electron chi connectivity index (χ1n) is 4.86. The lowest BCUT2D eigenvalue weighted by Gasteiger charge is -2.14. The highest BCUT2D eigenvalue weighted by molar-refractivity contribution is 7.90. The van der Waals surface area contributed by atoms with Crippen molar-refractivity contribution >= 4 is 10.0 Å². The van der Waals surface area contributed by atoms with Crippen LogP contribution in [0.25, 0.3) is 0 Å². The van der Waals surface area contributed by atoms with E-state index in [1.807, 2.05) is 13.8 Å². The topological polar surface area (TPSA) is 70.0 Å². The van der Waals surface area contributed by atoms with Crippen molar-refractivity contribution in [2.45, 2.75) is 38.9 Å². The minimum absolute atomic E-state index is 0.357. The van der Waals surface area contributed by atoms with Gasteiger partial charge in [-0.1, -0.05) is 26.7 Å². The quantitative estimate of drug-likeness (QED) is 0.729. The molecule has 0 saturated heterocycles. The van der Waals surface area contributed by atoms with Crippen molar-refractivity contribution in [2.75, 3.05) is 6.54 Å². The number of hydrogen-bond donors (Lipinski definition) is 1. The third-order valence-electron chi connectivity index (χ3n) is 2.38. The lowest BCUT2D eigenvalue weighted by atomic mass is 10.0. The molecule has 0 spiro atoms. The number of nitrogens with one attached hydrogen (secondary N) is 1. The van der Waals surface area contributed by atoms with Gasteiger partial charge in [0, 0.05) is 6.54 Å². The summed E-state index contributed by atoms with van der Waals surface area (Å²) in [5.41, 5.74) is 0. The molecule has 4 nitrogen and oxygen atoms in total. The van der Waals surface area contributed by atoms with E-state index >= 15 is 0 Å². The summed E-state index contributed by atoms with van der Waals surface area (Å²) in [4.78, 5) is 0. The van der Waals surface area contributed by atoms with Gasteiger partial charge in [-0.15, -0.1) is 0 Å². The van der Waals surface area contributed by atoms with E-state index in [9.17, 15) is 8.42 Å². The molecular formula is C9H18N2O2S. The van der Waals surface area contributed by atoms with E-state index < -0.39 is 15.3 Å². The lowest BCUT2D eigenvalue weighted by molar-refractivity contribution is 0.478. The Morgan fingerprint density at radius 3 is 2.21 bits per heavy atom. The predicted octanol–water partition coefficient (Wildman–Crippen LogP) is 1.25. The standard InChI is InChI=1S/C9H18N2O2S/c1-4-9(5-2)7-11-14(12,13)8(3)6-10/h8-9,11H,4-5,7H2,1-3H3. The van der Waals surface area contributed by atoms with Gasteiger partial charge in [0.1, 0.15) is 0 Å². The smallest absolute Gasteiger partial charge is 0.214 e. The molecule has 0 rings (SSSR count). The van der Waals surface area contributed by atoms with Gasteiger partial charge in [0.05, 0.1) is 6.07 Å². The molecule has 0 aliphatic heterocycles. The third kappa shape index (κ3) is 4.07. The molecule has 5 heteroatoms. The van der Waals surface area contributed by atoms with Gasteiger partial charge >= 0.3 is 0 Å². The van der Waals surface area contributed by atoms with Gasteiger partial charge in [0.15, 0.2) is 5.25 Å². The molecule has 0 amide bonds. The first-order valence-corrected chi connectivity index (χ1v) is 6.40. The molecular weight excluding hydrogens is 200 g/mol. The summed E-state index contributed by atoms with van der Waals surface area (Å²) in [6, 6.07) is 1.71. The van der Waals surface area contributed by atoms with Gasteiger partial charge in [-0.05, 0) is 12.8 Å². The number of nitriles is 1. The molecule has 0 aromatic carbocycles. The lowest BCUT2D eigenvalue weighted by Crippen LogP contribution is -2.35. The van der Waals surface area contributed by atoms with Crippen LogP contribution in [0.2, 0.25) is 0 Å². The van der Waals surface area contributed by atoms with Crippen LogP contribution in [0.5, 0.6) is 0 Å². The second-order valence-corrected chi connectivity index (χ2v) is 5.43. The summed E-state index contributed by atoms with van der Waals surface area (Å²) in [6.07, 6.45) is 1.89. The number of rotatable bonds is 6. The predicted molar refractivity (Wildman–Crippen MR) is 56.1 cm³/mol. The zero-order valence-corrected chi connectivity index (χ0v) is 9.76. The molecule has 0 radical (unpaired) electrons. The first-order chi connectivity index (χ1) is 6.47. The molecule has 1 atom stereocenters. The maximum Gasteiger partial charge on any atom is 0.227 e. The summed E-state index contributed by atoms with van der Waals surface area (Å²) < 4.78 is 25.2. The number of hydrogen-bond acceptors (Lipinski definition) is 3. The fraction of sp³-hybridized carbons (Fsp3) is 0.889. The van der Waals surface area contributed by atoms with Gasteiger partial charge in [-0.3, -0.25) is 0 Å². The van der Waals surface area contributed by atoms with E-state index in [1.165, 1.54) is 6.92 Å². The Bertz CT molecular complexity index is 288. The van der Waals surface area contributed by atoms with E-state index in [0.29, 0.717) is 12.5 Å². The average Bonchev–Trinajstić information content (AvgIpc) is 2.18. The Morgan fingerprint density at radius 1 is 1.36 bits per heavy atom. The van der Waals surface area contributed by atoms with Gasteiger partial charge in [-0.25, -0.2) is 13.1 Å². The van der Waals surface area contributed by atoms with Crippen molar-refractivity contribution in [1.29, 1.82) is 5.26 Å². The fourth-order valence-electron chi connectivity index (χ4n) is 1.01. The van der Waals surface area contributed by atoms with Gasteiger partial charge in [-0.2, -0.15) is 5.26 Å². The molecule has 1 N–H and O–H groups in total. The highest BCUT2D eigenvalue weighted by Crippen LogP contribution is 2.06. The van der Waals surface area contributed by atoms with Crippen molar-refractivity contribution in [1.82, 2.24) is 4.72 Å². The van der Waals surface area contributed by atoms with Crippen molar-refractivity contribution in [3.8, 4) is 6.07 Å². The van der Waals surface area contributed by atoms with E-state index in [2.05, 4.69) is 4.72 Å². The summed E-state index contributed by atoms with van der Waals surface area (Å²) in [5.74, 6) is 0.357. The Morgan fingerprint density at radius 2 is 1.86 bits per heavy atom. The first kappa shape index (κ1) is 13.4. The maximum absolute atomic E-state index is 11.4. The zero-order chi connectivity index (χ0) is 11.2. The van der Waals surface area contributed by atoms with E-state index in [0.717, 1.165) is 12.8 Å². The van der Waals surface area contributed by atoms with Crippen molar-refractivity contribution < 1.29 is 8.42 Å². The number of nitrogens with zero attached hydrogens (tertiary/aromatic N) is 1. The summed E-state index contributed by atoms with van der Waals surface area (Å²) >= 11 is 0. The molecule has 14 heavy (non-hydrogen) atoms. The molecule has 82 valence electrons. The molecule has 0 bridgehead atoms. The van der Waals surface area contributed by atoms with Gasteiger partial charge in [0.25, 0.3) is 0 Å². The minimum atomic E-state index is -3.44. The molecule has 1 unspecified atom stereocenters. The van der Waals surface area contributed by atoms with Crippen LogP contribution in [0.4, 0.5) is 0 Å². The molecule has 0 heterocycles. The van der Waals surface area contributed by atoms with Crippen LogP contribution in [-0.2, 0) is 10.0 Å². The van der Waals surface area contributed by atoms with Crippen molar-refractivity contribution in [3.63, 3.8) is 0 Å². The minimum Gasteiger partial charge on any atom is -0.214 e. The maximum atomic E-state index is 11.4. The third-order valence-corrected chi connectivity index (χ3v) is 3.98. The molecule has 0 saturated carbocycles. The summed E-state index contributed by atoms with van der Waals surface area (Å²) in [6.45, 7) is 5.86. The molecule has 0 aliphatic rings. The Hall–Kier alpha value is -0.600. The SMILES string of the molecule is CCC(CC)CNS(=O)(=O)C(C)C#N. The summed E-state index contributed by atoms with van der Waals surface area (Å²) in [7, 11) is -3.44. The summed E-state index contributed by atoms with van der Waals surface area (Å²) in [5, 5.41) is 7.51. The van der Waals surface area contributed by atoms with E-state index in [4.69, 9.17) is 5.26 Å². The van der Waals surface area contributed by atoms with Crippen LogP contribution in [0.1, 0.15) is 33.6 Å². The molecule has 0 aromatic heterocycles. The number of sulfonamides is 1.